The molecule has 0 radical (unpaired) electrons. The third-order valence-electron chi connectivity index (χ3n) is 2.77. The summed E-state index contributed by atoms with van der Waals surface area (Å²) < 4.78 is 12.7. The molecule has 1 nitrogen and oxygen atoms in total. The van der Waals surface area contributed by atoms with Crippen LogP contribution < -0.4 is 0 Å². The van der Waals surface area contributed by atoms with Gasteiger partial charge >= 0.3 is 0 Å². The molecular weight excluding hydrogens is 201 g/mol. The largest absolute Gasteiger partial charge is 0.207 e. The SMILES string of the molecule is CCCCCC[C@@H](C#N)c1ccc(F)cc1. The van der Waals surface area contributed by atoms with Crippen LogP contribution in [0.3, 0.4) is 0 Å². The highest BCUT2D eigenvalue weighted by molar-refractivity contribution is 5.25. The molecule has 0 fully saturated rings. The molecule has 0 N–H and O–H groups in total. The Balaban J connectivity index is 2.48. The average molecular weight is 219 g/mol. The van der Waals surface area contributed by atoms with Crippen LogP contribution in [0.1, 0.15) is 50.5 Å². The van der Waals surface area contributed by atoms with E-state index in [9.17, 15) is 4.39 Å². The van der Waals surface area contributed by atoms with Gasteiger partial charge in [0.05, 0.1) is 12.0 Å². The van der Waals surface area contributed by atoms with Crippen molar-refractivity contribution in [3.05, 3.63) is 35.6 Å². The summed E-state index contributed by atoms with van der Waals surface area (Å²) in [5.74, 6) is -0.330. The molecule has 0 saturated carbocycles. The lowest BCUT2D eigenvalue weighted by atomic mass is 9.94. The van der Waals surface area contributed by atoms with E-state index in [0.717, 1.165) is 18.4 Å². The molecule has 0 aliphatic rings. The van der Waals surface area contributed by atoms with E-state index in [4.69, 9.17) is 5.26 Å². The van der Waals surface area contributed by atoms with Crippen molar-refractivity contribution in [2.45, 2.75) is 44.9 Å². The minimum atomic E-state index is -0.244. The fourth-order valence-electron chi connectivity index (χ4n) is 1.78. The monoisotopic (exact) mass is 219 g/mol. The minimum Gasteiger partial charge on any atom is -0.207 e. The summed E-state index contributed by atoms with van der Waals surface area (Å²) in [6, 6.07) is 8.56. The standard InChI is InChI=1S/C14H18FN/c1-2-3-4-5-6-13(11-16)12-7-9-14(15)10-8-12/h7-10,13H,2-6H2,1H3/t13-/m0/s1. The summed E-state index contributed by atoms with van der Waals surface area (Å²) in [5.41, 5.74) is 0.931. The number of benzene rings is 1. The smallest absolute Gasteiger partial charge is 0.123 e. The molecule has 1 aromatic rings. The summed E-state index contributed by atoms with van der Waals surface area (Å²) in [5, 5.41) is 9.06. The third-order valence-corrected chi connectivity index (χ3v) is 2.77. The van der Waals surface area contributed by atoms with Gasteiger partial charge in [0, 0.05) is 0 Å². The van der Waals surface area contributed by atoms with Gasteiger partial charge in [-0.05, 0) is 24.1 Å². The molecule has 0 aliphatic heterocycles. The lowest BCUT2D eigenvalue weighted by Crippen LogP contribution is -1.96. The first-order valence-corrected chi connectivity index (χ1v) is 5.93. The first-order chi connectivity index (χ1) is 7.77. The predicted octanol–water partition coefficient (Wildman–Crippen LogP) is 4.40. The second-order valence-electron chi connectivity index (χ2n) is 4.08. The Labute approximate surface area is 96.9 Å². The predicted molar refractivity (Wildman–Crippen MR) is 63.5 cm³/mol. The van der Waals surface area contributed by atoms with Crippen LogP contribution in [0.15, 0.2) is 24.3 Å². The number of hydrogen-bond acceptors (Lipinski definition) is 1. The Morgan fingerprint density at radius 1 is 1.19 bits per heavy atom. The normalized spacial score (nSPS) is 12.1. The summed E-state index contributed by atoms with van der Waals surface area (Å²) in [7, 11) is 0. The summed E-state index contributed by atoms with van der Waals surface area (Å²) in [6.07, 6.45) is 5.55. The number of nitrogens with zero attached hydrogens (tertiary/aromatic N) is 1. The highest BCUT2D eigenvalue weighted by atomic mass is 19.1. The van der Waals surface area contributed by atoms with Gasteiger partial charge in [-0.2, -0.15) is 5.26 Å². The van der Waals surface area contributed by atoms with Gasteiger partial charge in [0.2, 0.25) is 0 Å². The lowest BCUT2D eigenvalue weighted by molar-refractivity contribution is 0.604. The van der Waals surface area contributed by atoms with Crippen molar-refractivity contribution in [2.24, 2.45) is 0 Å². The fraction of sp³-hybridized carbons (Fsp3) is 0.500. The molecule has 86 valence electrons. The molecule has 16 heavy (non-hydrogen) atoms. The van der Waals surface area contributed by atoms with Crippen molar-refractivity contribution < 1.29 is 4.39 Å². The number of halogens is 1. The fourth-order valence-corrected chi connectivity index (χ4v) is 1.78. The molecule has 1 aromatic carbocycles. The maximum atomic E-state index is 12.7. The number of hydrogen-bond donors (Lipinski definition) is 0. The Bertz CT molecular complexity index is 337. The maximum absolute atomic E-state index is 12.7. The van der Waals surface area contributed by atoms with E-state index >= 15 is 0 Å². The molecule has 0 aromatic heterocycles. The van der Waals surface area contributed by atoms with E-state index in [1.807, 2.05) is 0 Å². The zero-order valence-corrected chi connectivity index (χ0v) is 9.75. The van der Waals surface area contributed by atoms with Gasteiger partial charge in [0.25, 0.3) is 0 Å². The molecule has 1 atom stereocenters. The first-order valence-electron chi connectivity index (χ1n) is 5.93. The van der Waals surface area contributed by atoms with Gasteiger partial charge in [0.15, 0.2) is 0 Å². The van der Waals surface area contributed by atoms with Crippen LogP contribution in [0.2, 0.25) is 0 Å². The molecule has 2 heteroatoms. The van der Waals surface area contributed by atoms with Crippen molar-refractivity contribution in [3.63, 3.8) is 0 Å². The topological polar surface area (TPSA) is 23.8 Å². The quantitative estimate of drug-likeness (QED) is 0.650. The zero-order valence-electron chi connectivity index (χ0n) is 9.75. The van der Waals surface area contributed by atoms with Crippen molar-refractivity contribution in [3.8, 4) is 6.07 Å². The number of unbranched alkanes of at least 4 members (excludes halogenated alkanes) is 3. The van der Waals surface area contributed by atoms with E-state index in [0.29, 0.717) is 0 Å². The molecule has 0 amide bonds. The van der Waals surface area contributed by atoms with Gasteiger partial charge in [-0.15, -0.1) is 0 Å². The average Bonchev–Trinajstić information content (AvgIpc) is 2.31. The molecule has 0 spiro atoms. The summed E-state index contributed by atoms with van der Waals surface area (Å²) in [6.45, 7) is 2.17. The molecule has 0 saturated heterocycles. The highest BCUT2D eigenvalue weighted by Crippen LogP contribution is 2.22. The van der Waals surface area contributed by atoms with Gasteiger partial charge in [-0.1, -0.05) is 44.7 Å². The van der Waals surface area contributed by atoms with Crippen molar-refractivity contribution >= 4 is 0 Å². The summed E-state index contributed by atoms with van der Waals surface area (Å²) >= 11 is 0. The second kappa shape index (κ2) is 7.00. The van der Waals surface area contributed by atoms with Crippen LogP contribution in [0.4, 0.5) is 4.39 Å². The minimum absolute atomic E-state index is 0.0857. The maximum Gasteiger partial charge on any atom is 0.123 e. The molecule has 0 unspecified atom stereocenters. The van der Waals surface area contributed by atoms with Crippen molar-refractivity contribution in [1.29, 1.82) is 5.26 Å². The lowest BCUT2D eigenvalue weighted by Gasteiger charge is -2.08. The molecule has 0 heterocycles. The molecule has 0 aliphatic carbocycles. The van der Waals surface area contributed by atoms with E-state index in [1.54, 1.807) is 12.1 Å². The van der Waals surface area contributed by atoms with E-state index in [2.05, 4.69) is 13.0 Å². The number of rotatable bonds is 6. The van der Waals surface area contributed by atoms with E-state index in [-0.39, 0.29) is 11.7 Å². The van der Waals surface area contributed by atoms with Gasteiger partial charge < -0.3 is 0 Å². The van der Waals surface area contributed by atoms with Crippen molar-refractivity contribution in [2.75, 3.05) is 0 Å². The molecule has 1 rings (SSSR count). The zero-order chi connectivity index (χ0) is 11.8. The molecule has 0 bridgehead atoms. The second-order valence-corrected chi connectivity index (χ2v) is 4.08. The Morgan fingerprint density at radius 2 is 1.88 bits per heavy atom. The summed E-state index contributed by atoms with van der Waals surface area (Å²) in [4.78, 5) is 0. The Kier molecular flexibility index (Phi) is 5.56. The van der Waals surface area contributed by atoms with Crippen LogP contribution >= 0.6 is 0 Å². The van der Waals surface area contributed by atoms with Crippen LogP contribution in [0, 0.1) is 17.1 Å². The van der Waals surface area contributed by atoms with E-state index in [1.165, 1.54) is 31.4 Å². The van der Waals surface area contributed by atoms with Gasteiger partial charge in [0.1, 0.15) is 5.82 Å². The third kappa shape index (κ3) is 4.02. The Morgan fingerprint density at radius 3 is 2.44 bits per heavy atom. The van der Waals surface area contributed by atoms with Crippen LogP contribution in [-0.2, 0) is 0 Å². The Hall–Kier alpha value is -1.36. The van der Waals surface area contributed by atoms with Crippen LogP contribution in [0.5, 0.6) is 0 Å². The van der Waals surface area contributed by atoms with Gasteiger partial charge in [-0.25, -0.2) is 4.39 Å². The van der Waals surface area contributed by atoms with Crippen molar-refractivity contribution in [1.82, 2.24) is 0 Å². The van der Waals surface area contributed by atoms with Gasteiger partial charge in [-0.3, -0.25) is 0 Å². The van der Waals surface area contributed by atoms with Crippen LogP contribution in [-0.4, -0.2) is 0 Å². The molecular formula is C14H18FN. The van der Waals surface area contributed by atoms with E-state index < -0.39 is 0 Å². The van der Waals surface area contributed by atoms with Crippen LogP contribution in [0.25, 0.3) is 0 Å². The highest BCUT2D eigenvalue weighted by Gasteiger charge is 2.09. The first kappa shape index (κ1) is 12.7. The number of nitriles is 1.